The summed E-state index contributed by atoms with van der Waals surface area (Å²) in [6.45, 7) is 4.08. The fraction of sp³-hybridized carbons (Fsp3) is 0.227. The molecule has 2 aromatic carbocycles. The Morgan fingerprint density at radius 3 is 2.74 bits per heavy atom. The topological polar surface area (TPSA) is 75.7 Å². The summed E-state index contributed by atoms with van der Waals surface area (Å²) in [6.07, 6.45) is 2.52. The maximum absolute atomic E-state index is 12.7. The molecule has 1 heterocycles. The molecule has 2 aromatic rings. The molecule has 1 N–H and O–H groups in total. The van der Waals surface area contributed by atoms with Crippen LogP contribution in [-0.2, 0) is 9.59 Å². The molecular weight excluding hydrogens is 504 g/mol. The lowest BCUT2D eigenvalue weighted by Crippen LogP contribution is -2.36. The average Bonchev–Trinajstić information content (AvgIpc) is 2.97. The SMILES string of the molecule is CCCOc1ccc(/C=C2\SC(=O)N(CC(=O)Nc3cc(Cl)ccc3C)C2=O)cc1Br. The summed E-state index contributed by atoms with van der Waals surface area (Å²) < 4.78 is 6.37. The van der Waals surface area contributed by atoms with Gasteiger partial charge >= 0.3 is 0 Å². The third kappa shape index (κ3) is 5.90. The van der Waals surface area contributed by atoms with Crippen LogP contribution >= 0.6 is 39.3 Å². The number of hydrogen-bond acceptors (Lipinski definition) is 5. The molecule has 0 spiro atoms. The second kappa shape index (κ2) is 10.3. The van der Waals surface area contributed by atoms with E-state index in [4.69, 9.17) is 16.3 Å². The summed E-state index contributed by atoms with van der Waals surface area (Å²) in [5.74, 6) is -0.274. The van der Waals surface area contributed by atoms with Gasteiger partial charge in [-0.25, -0.2) is 0 Å². The van der Waals surface area contributed by atoms with E-state index in [2.05, 4.69) is 21.2 Å². The van der Waals surface area contributed by atoms with Crippen LogP contribution in [0.1, 0.15) is 24.5 Å². The molecular formula is C22H20BrClN2O4S. The molecule has 1 aliphatic heterocycles. The highest BCUT2D eigenvalue weighted by molar-refractivity contribution is 9.10. The van der Waals surface area contributed by atoms with E-state index in [9.17, 15) is 14.4 Å². The Bertz CT molecular complexity index is 1070. The van der Waals surface area contributed by atoms with Gasteiger partial charge in [0.05, 0.1) is 16.0 Å². The van der Waals surface area contributed by atoms with Crippen molar-refractivity contribution < 1.29 is 19.1 Å². The van der Waals surface area contributed by atoms with Crippen LogP contribution in [0.2, 0.25) is 5.02 Å². The minimum Gasteiger partial charge on any atom is -0.492 e. The lowest BCUT2D eigenvalue weighted by Gasteiger charge is -2.13. The molecule has 1 fully saturated rings. The molecule has 0 unspecified atom stereocenters. The number of benzene rings is 2. The van der Waals surface area contributed by atoms with Crippen molar-refractivity contribution in [1.82, 2.24) is 4.90 Å². The fourth-order valence-electron chi connectivity index (χ4n) is 2.79. The minimum absolute atomic E-state index is 0.255. The third-order valence-corrected chi connectivity index (χ3v) is 6.13. The Morgan fingerprint density at radius 1 is 1.26 bits per heavy atom. The van der Waals surface area contributed by atoms with Crippen molar-refractivity contribution in [2.24, 2.45) is 0 Å². The first kappa shape index (κ1) is 23.4. The van der Waals surface area contributed by atoms with Gasteiger partial charge in [-0.15, -0.1) is 0 Å². The van der Waals surface area contributed by atoms with E-state index < -0.39 is 17.1 Å². The standard InChI is InChI=1S/C22H20BrClN2O4S/c1-3-8-30-18-7-5-14(9-16(18)23)10-19-21(28)26(22(29)31-19)12-20(27)25-17-11-15(24)6-4-13(17)2/h4-7,9-11H,3,8,12H2,1-2H3,(H,25,27)/b19-10-. The number of thioether (sulfide) groups is 1. The van der Waals surface area contributed by atoms with Gasteiger partial charge in [-0.05, 0) is 82.5 Å². The molecule has 162 valence electrons. The number of nitrogens with one attached hydrogen (secondary N) is 1. The number of hydrogen-bond donors (Lipinski definition) is 1. The van der Waals surface area contributed by atoms with Crippen LogP contribution in [-0.4, -0.2) is 35.1 Å². The van der Waals surface area contributed by atoms with E-state index in [1.165, 1.54) is 0 Å². The fourth-order valence-corrected chi connectivity index (χ4v) is 4.31. The van der Waals surface area contributed by atoms with Crippen molar-refractivity contribution in [2.75, 3.05) is 18.5 Å². The second-order valence-corrected chi connectivity index (χ2v) is 9.10. The predicted molar refractivity (Wildman–Crippen MR) is 127 cm³/mol. The summed E-state index contributed by atoms with van der Waals surface area (Å²) in [4.78, 5) is 38.6. The van der Waals surface area contributed by atoms with Crippen molar-refractivity contribution in [2.45, 2.75) is 20.3 Å². The van der Waals surface area contributed by atoms with E-state index in [-0.39, 0.29) is 11.4 Å². The highest BCUT2D eigenvalue weighted by Crippen LogP contribution is 2.34. The van der Waals surface area contributed by atoms with E-state index in [1.807, 2.05) is 19.9 Å². The van der Waals surface area contributed by atoms with Gasteiger partial charge < -0.3 is 10.1 Å². The number of imide groups is 1. The summed E-state index contributed by atoms with van der Waals surface area (Å²) in [5, 5.41) is 2.68. The Morgan fingerprint density at radius 2 is 2.03 bits per heavy atom. The number of aryl methyl sites for hydroxylation is 1. The largest absolute Gasteiger partial charge is 0.492 e. The zero-order valence-corrected chi connectivity index (χ0v) is 20.1. The number of nitrogens with zero attached hydrogens (tertiary/aromatic N) is 1. The van der Waals surface area contributed by atoms with E-state index in [0.29, 0.717) is 23.1 Å². The number of rotatable bonds is 7. The lowest BCUT2D eigenvalue weighted by atomic mass is 10.2. The van der Waals surface area contributed by atoms with Gasteiger partial charge in [-0.3, -0.25) is 19.3 Å². The van der Waals surface area contributed by atoms with Gasteiger partial charge in [0.25, 0.3) is 11.1 Å². The zero-order valence-electron chi connectivity index (χ0n) is 16.9. The monoisotopic (exact) mass is 522 g/mol. The highest BCUT2D eigenvalue weighted by Gasteiger charge is 2.36. The molecule has 31 heavy (non-hydrogen) atoms. The van der Waals surface area contributed by atoms with Gasteiger partial charge in [0.1, 0.15) is 12.3 Å². The van der Waals surface area contributed by atoms with E-state index in [1.54, 1.807) is 36.4 Å². The van der Waals surface area contributed by atoms with E-state index >= 15 is 0 Å². The zero-order chi connectivity index (χ0) is 22.5. The van der Waals surface area contributed by atoms with Crippen LogP contribution in [0.5, 0.6) is 5.75 Å². The molecule has 9 heteroatoms. The molecule has 1 aliphatic rings. The summed E-state index contributed by atoms with van der Waals surface area (Å²) in [5.41, 5.74) is 2.10. The Labute approximate surface area is 198 Å². The smallest absolute Gasteiger partial charge is 0.294 e. The quantitative estimate of drug-likeness (QED) is 0.459. The van der Waals surface area contributed by atoms with Crippen LogP contribution in [0.4, 0.5) is 10.5 Å². The van der Waals surface area contributed by atoms with Crippen LogP contribution in [0.15, 0.2) is 45.8 Å². The first-order valence-electron chi connectivity index (χ1n) is 9.52. The van der Waals surface area contributed by atoms with Crippen molar-refractivity contribution in [1.29, 1.82) is 0 Å². The summed E-state index contributed by atoms with van der Waals surface area (Å²) >= 11 is 10.2. The highest BCUT2D eigenvalue weighted by atomic mass is 79.9. The maximum Gasteiger partial charge on any atom is 0.294 e. The van der Waals surface area contributed by atoms with Gasteiger partial charge in [0.15, 0.2) is 0 Å². The molecule has 0 aliphatic carbocycles. The predicted octanol–water partition coefficient (Wildman–Crippen LogP) is 5.87. The molecule has 0 saturated carbocycles. The van der Waals surface area contributed by atoms with Crippen molar-refractivity contribution >= 4 is 68.1 Å². The van der Waals surface area contributed by atoms with Crippen LogP contribution in [0.3, 0.4) is 0 Å². The minimum atomic E-state index is -0.504. The molecule has 0 bridgehead atoms. The third-order valence-electron chi connectivity index (χ3n) is 4.36. The Hall–Kier alpha value is -2.29. The molecule has 6 nitrogen and oxygen atoms in total. The molecule has 1 saturated heterocycles. The van der Waals surface area contributed by atoms with Crippen molar-refractivity contribution in [3.63, 3.8) is 0 Å². The average molecular weight is 524 g/mol. The summed E-state index contributed by atoms with van der Waals surface area (Å²) in [7, 11) is 0. The Balaban J connectivity index is 1.69. The van der Waals surface area contributed by atoms with Gasteiger partial charge in [0, 0.05) is 10.7 Å². The Kier molecular flexibility index (Phi) is 7.80. The molecule has 0 aromatic heterocycles. The second-order valence-electron chi connectivity index (χ2n) is 6.81. The first-order valence-corrected chi connectivity index (χ1v) is 11.5. The molecule has 3 amide bonds. The van der Waals surface area contributed by atoms with Crippen molar-refractivity contribution in [3.05, 3.63) is 61.9 Å². The molecule has 3 rings (SSSR count). The number of carbonyl (C=O) groups excluding carboxylic acids is 3. The lowest BCUT2D eigenvalue weighted by molar-refractivity contribution is -0.127. The van der Waals surface area contributed by atoms with Crippen LogP contribution < -0.4 is 10.1 Å². The van der Waals surface area contributed by atoms with Crippen LogP contribution in [0, 0.1) is 6.92 Å². The number of halogens is 2. The van der Waals surface area contributed by atoms with E-state index in [0.717, 1.165) is 38.7 Å². The van der Waals surface area contributed by atoms with Gasteiger partial charge in [-0.1, -0.05) is 30.7 Å². The van der Waals surface area contributed by atoms with Gasteiger partial charge in [-0.2, -0.15) is 0 Å². The van der Waals surface area contributed by atoms with Crippen LogP contribution in [0.25, 0.3) is 6.08 Å². The van der Waals surface area contributed by atoms with Gasteiger partial charge in [0.2, 0.25) is 5.91 Å². The molecule has 0 radical (unpaired) electrons. The molecule has 0 atom stereocenters. The van der Waals surface area contributed by atoms with Crippen molar-refractivity contribution in [3.8, 4) is 5.75 Å². The normalized spacial score (nSPS) is 15.0. The summed E-state index contributed by atoms with van der Waals surface area (Å²) in [6, 6.07) is 10.5. The maximum atomic E-state index is 12.7. The number of anilines is 1. The number of amides is 3. The first-order chi connectivity index (χ1) is 14.8. The number of carbonyl (C=O) groups is 3. The number of ether oxygens (including phenoxy) is 1.